The number of primary sulfonamides is 1. The first-order chi connectivity index (χ1) is 14.0. The number of hydrogen-bond donors (Lipinski definition) is 1. The largest absolute Gasteiger partial charge is 0.335 e. The van der Waals surface area contributed by atoms with Gasteiger partial charge < -0.3 is 9.47 Å². The van der Waals surface area contributed by atoms with Crippen LogP contribution in [0, 0.1) is 20.8 Å². The van der Waals surface area contributed by atoms with Crippen LogP contribution in [0.5, 0.6) is 0 Å². The van der Waals surface area contributed by atoms with Crippen LogP contribution in [0.1, 0.15) is 45.8 Å². The summed E-state index contributed by atoms with van der Waals surface area (Å²) in [6.07, 6.45) is 0. The van der Waals surface area contributed by atoms with E-state index in [2.05, 4.69) is 10.6 Å². The average Bonchev–Trinajstić information content (AvgIpc) is 2.99. The van der Waals surface area contributed by atoms with E-state index in [-0.39, 0.29) is 16.8 Å². The standard InChI is InChI=1S/C23H27N3O3S/c1-15-7-6-8-20(13-15)26-16(2)14-22(18(26)4)23(27)25(5)17(3)19-9-11-21(12-10-19)30(24,28)29/h6-14,17H,1-5H3,(H2,24,28,29). The van der Waals surface area contributed by atoms with Crippen molar-refractivity contribution in [2.75, 3.05) is 7.05 Å². The second-order valence-electron chi connectivity index (χ2n) is 7.67. The van der Waals surface area contributed by atoms with Crippen molar-refractivity contribution in [3.05, 3.63) is 82.7 Å². The highest BCUT2D eigenvalue weighted by Crippen LogP contribution is 2.26. The summed E-state index contributed by atoms with van der Waals surface area (Å²) in [7, 11) is -2.00. The fraction of sp³-hybridized carbons (Fsp3) is 0.261. The lowest BCUT2D eigenvalue weighted by Gasteiger charge is -2.25. The molecule has 7 heteroatoms. The van der Waals surface area contributed by atoms with Crippen LogP contribution >= 0.6 is 0 Å². The number of nitrogens with two attached hydrogens (primary N) is 1. The van der Waals surface area contributed by atoms with E-state index in [0.717, 1.165) is 28.2 Å². The maximum atomic E-state index is 13.3. The molecule has 6 nitrogen and oxygen atoms in total. The third-order valence-corrected chi connectivity index (χ3v) is 6.44. The molecule has 1 atom stereocenters. The molecule has 0 aliphatic rings. The summed E-state index contributed by atoms with van der Waals surface area (Å²) in [6, 6.07) is 16.1. The molecule has 0 spiro atoms. The van der Waals surface area contributed by atoms with E-state index in [1.807, 2.05) is 52.0 Å². The van der Waals surface area contributed by atoms with Gasteiger partial charge in [-0.05, 0) is 69.2 Å². The average molecular weight is 426 g/mol. The molecular formula is C23H27N3O3S. The number of amides is 1. The van der Waals surface area contributed by atoms with Gasteiger partial charge in [-0.1, -0.05) is 24.3 Å². The highest BCUT2D eigenvalue weighted by molar-refractivity contribution is 7.89. The maximum Gasteiger partial charge on any atom is 0.255 e. The SMILES string of the molecule is Cc1cccc(-n2c(C)cc(C(=O)N(C)C(C)c3ccc(S(N)(=O)=O)cc3)c2C)c1. The first-order valence-electron chi connectivity index (χ1n) is 9.66. The summed E-state index contributed by atoms with van der Waals surface area (Å²) < 4.78 is 25.0. The molecule has 1 unspecified atom stereocenters. The van der Waals surface area contributed by atoms with E-state index in [4.69, 9.17) is 5.14 Å². The Kier molecular flexibility index (Phi) is 5.87. The summed E-state index contributed by atoms with van der Waals surface area (Å²) in [5.74, 6) is -0.0926. The maximum absolute atomic E-state index is 13.3. The molecule has 2 aromatic carbocycles. The van der Waals surface area contributed by atoms with Gasteiger partial charge in [0.15, 0.2) is 0 Å². The predicted molar refractivity (Wildman–Crippen MR) is 118 cm³/mol. The summed E-state index contributed by atoms with van der Waals surface area (Å²) in [6.45, 7) is 7.88. The zero-order chi connectivity index (χ0) is 22.2. The van der Waals surface area contributed by atoms with E-state index >= 15 is 0 Å². The third-order valence-electron chi connectivity index (χ3n) is 5.51. The molecule has 1 heterocycles. The molecule has 0 aliphatic heterocycles. The monoisotopic (exact) mass is 425 g/mol. The first kappa shape index (κ1) is 21.8. The highest BCUT2D eigenvalue weighted by atomic mass is 32.2. The Bertz CT molecular complexity index is 1190. The van der Waals surface area contributed by atoms with E-state index in [1.54, 1.807) is 24.1 Å². The van der Waals surface area contributed by atoms with Crippen LogP contribution < -0.4 is 5.14 Å². The Balaban J connectivity index is 1.90. The summed E-state index contributed by atoms with van der Waals surface area (Å²) >= 11 is 0. The fourth-order valence-electron chi connectivity index (χ4n) is 3.67. The molecule has 158 valence electrons. The van der Waals surface area contributed by atoms with Gasteiger partial charge in [-0.3, -0.25) is 4.79 Å². The molecule has 0 saturated carbocycles. The topological polar surface area (TPSA) is 85.4 Å². The van der Waals surface area contributed by atoms with Gasteiger partial charge in [-0.2, -0.15) is 0 Å². The number of nitrogens with zero attached hydrogens (tertiary/aromatic N) is 2. The molecule has 0 aliphatic carbocycles. The van der Waals surface area contributed by atoms with Gasteiger partial charge in [0.05, 0.1) is 16.5 Å². The van der Waals surface area contributed by atoms with Gasteiger partial charge in [-0.25, -0.2) is 13.6 Å². The van der Waals surface area contributed by atoms with Crippen LogP contribution in [-0.2, 0) is 10.0 Å². The van der Waals surface area contributed by atoms with E-state index in [1.165, 1.54) is 12.1 Å². The van der Waals surface area contributed by atoms with Gasteiger partial charge in [0.25, 0.3) is 5.91 Å². The highest BCUT2D eigenvalue weighted by Gasteiger charge is 2.24. The van der Waals surface area contributed by atoms with Crippen molar-refractivity contribution >= 4 is 15.9 Å². The van der Waals surface area contributed by atoms with Crippen molar-refractivity contribution in [3.8, 4) is 5.69 Å². The van der Waals surface area contributed by atoms with Crippen LogP contribution in [0.4, 0.5) is 0 Å². The summed E-state index contributed by atoms with van der Waals surface area (Å²) in [4.78, 5) is 15.0. The number of carbonyl (C=O) groups excluding carboxylic acids is 1. The molecule has 0 radical (unpaired) electrons. The fourth-order valence-corrected chi connectivity index (χ4v) is 4.18. The Morgan fingerprint density at radius 2 is 1.67 bits per heavy atom. The molecule has 0 fully saturated rings. The molecule has 0 bridgehead atoms. The Labute approximate surface area is 178 Å². The minimum absolute atomic E-state index is 0.0501. The third kappa shape index (κ3) is 4.17. The molecule has 1 amide bonds. The number of rotatable bonds is 5. The number of hydrogen-bond acceptors (Lipinski definition) is 3. The van der Waals surface area contributed by atoms with Crippen molar-refractivity contribution in [1.82, 2.24) is 9.47 Å². The normalized spacial score (nSPS) is 12.6. The Hall–Kier alpha value is -2.90. The smallest absolute Gasteiger partial charge is 0.255 e. The number of benzene rings is 2. The number of aryl methyl sites for hydroxylation is 2. The quantitative estimate of drug-likeness (QED) is 0.673. The van der Waals surface area contributed by atoms with Gasteiger partial charge in [-0.15, -0.1) is 0 Å². The predicted octanol–water partition coefficient (Wildman–Crippen LogP) is 3.88. The lowest BCUT2D eigenvalue weighted by Crippen LogP contribution is -2.30. The van der Waals surface area contributed by atoms with Crippen molar-refractivity contribution in [1.29, 1.82) is 0 Å². The lowest BCUT2D eigenvalue weighted by molar-refractivity contribution is 0.0742. The molecule has 3 rings (SSSR count). The zero-order valence-corrected chi connectivity index (χ0v) is 18.7. The van der Waals surface area contributed by atoms with E-state index < -0.39 is 10.0 Å². The molecule has 0 saturated heterocycles. The van der Waals surface area contributed by atoms with Crippen LogP contribution in [0.15, 0.2) is 59.5 Å². The van der Waals surface area contributed by atoms with Crippen LogP contribution in [0.25, 0.3) is 5.69 Å². The lowest BCUT2D eigenvalue weighted by atomic mass is 10.1. The second-order valence-corrected chi connectivity index (χ2v) is 9.23. The number of aromatic nitrogens is 1. The van der Waals surface area contributed by atoms with Crippen molar-refractivity contribution in [2.45, 2.75) is 38.6 Å². The molecular weight excluding hydrogens is 398 g/mol. The minimum Gasteiger partial charge on any atom is -0.335 e. The first-order valence-corrected chi connectivity index (χ1v) is 11.2. The van der Waals surface area contributed by atoms with E-state index in [9.17, 15) is 13.2 Å². The minimum atomic E-state index is -3.75. The number of carbonyl (C=O) groups is 1. The second kappa shape index (κ2) is 8.08. The van der Waals surface area contributed by atoms with Gasteiger partial charge in [0, 0.05) is 24.1 Å². The van der Waals surface area contributed by atoms with Crippen molar-refractivity contribution in [3.63, 3.8) is 0 Å². The van der Waals surface area contributed by atoms with Crippen LogP contribution in [-0.4, -0.2) is 30.8 Å². The summed E-state index contributed by atoms with van der Waals surface area (Å²) in [5.41, 5.74) is 5.52. The zero-order valence-electron chi connectivity index (χ0n) is 17.9. The summed E-state index contributed by atoms with van der Waals surface area (Å²) in [5, 5.41) is 5.16. The van der Waals surface area contributed by atoms with Crippen LogP contribution in [0.3, 0.4) is 0 Å². The molecule has 2 N–H and O–H groups in total. The van der Waals surface area contributed by atoms with Crippen molar-refractivity contribution in [2.24, 2.45) is 5.14 Å². The molecule has 30 heavy (non-hydrogen) atoms. The van der Waals surface area contributed by atoms with Gasteiger partial charge >= 0.3 is 0 Å². The Morgan fingerprint density at radius 3 is 2.23 bits per heavy atom. The van der Waals surface area contributed by atoms with Crippen molar-refractivity contribution < 1.29 is 13.2 Å². The van der Waals surface area contributed by atoms with Gasteiger partial charge in [0.1, 0.15) is 0 Å². The van der Waals surface area contributed by atoms with Gasteiger partial charge in [0.2, 0.25) is 10.0 Å². The van der Waals surface area contributed by atoms with Crippen LogP contribution in [0.2, 0.25) is 0 Å². The Morgan fingerprint density at radius 1 is 1.03 bits per heavy atom. The van der Waals surface area contributed by atoms with E-state index in [0.29, 0.717) is 5.56 Å². The molecule has 3 aromatic rings. The molecule has 1 aromatic heterocycles. The number of sulfonamides is 1.